The van der Waals surface area contributed by atoms with E-state index >= 15 is 0 Å². The van der Waals surface area contributed by atoms with Crippen molar-refractivity contribution >= 4 is 5.91 Å². The molecule has 0 aliphatic carbocycles. The van der Waals surface area contributed by atoms with Crippen molar-refractivity contribution in [1.29, 1.82) is 0 Å². The normalized spacial score (nSPS) is 17.9. The quantitative estimate of drug-likeness (QED) is 0.822. The number of unbranched alkanes of at least 4 members (excludes halogenated alkanes) is 1. The van der Waals surface area contributed by atoms with Gasteiger partial charge in [-0.2, -0.15) is 4.98 Å². The third-order valence-electron chi connectivity index (χ3n) is 4.60. The zero-order valence-corrected chi connectivity index (χ0v) is 14.5. The molecule has 1 aromatic heterocycles. The van der Waals surface area contributed by atoms with Crippen molar-refractivity contribution in [1.82, 2.24) is 15.0 Å². The van der Waals surface area contributed by atoms with Crippen molar-refractivity contribution in [2.24, 2.45) is 0 Å². The maximum absolute atomic E-state index is 12.5. The number of aryl methyl sites for hydroxylation is 1. The second-order valence-electron chi connectivity index (χ2n) is 6.52. The van der Waals surface area contributed by atoms with Gasteiger partial charge in [-0.15, -0.1) is 0 Å². The molecule has 5 nitrogen and oxygen atoms in total. The summed E-state index contributed by atoms with van der Waals surface area (Å²) in [6.45, 7) is 4.94. The van der Waals surface area contributed by atoms with Crippen LogP contribution in [0.3, 0.4) is 0 Å². The Labute approximate surface area is 143 Å². The highest BCUT2D eigenvalue weighted by molar-refractivity contribution is 5.76. The molecule has 3 rings (SSSR count). The Kier molecular flexibility index (Phi) is 5.28. The first kappa shape index (κ1) is 16.7. The fourth-order valence-corrected chi connectivity index (χ4v) is 3.15. The van der Waals surface area contributed by atoms with E-state index in [4.69, 9.17) is 4.52 Å². The van der Waals surface area contributed by atoms with E-state index in [1.807, 2.05) is 36.1 Å². The van der Waals surface area contributed by atoms with Crippen LogP contribution in [0, 0.1) is 6.92 Å². The molecule has 5 heteroatoms. The third-order valence-corrected chi connectivity index (χ3v) is 4.60. The number of likely N-dealkylation sites (tertiary alicyclic amines) is 1. The predicted molar refractivity (Wildman–Crippen MR) is 92.3 cm³/mol. The van der Waals surface area contributed by atoms with Crippen molar-refractivity contribution in [2.75, 3.05) is 6.54 Å². The van der Waals surface area contributed by atoms with Gasteiger partial charge in [0.2, 0.25) is 17.6 Å². The molecule has 1 aromatic carbocycles. The van der Waals surface area contributed by atoms with Crippen molar-refractivity contribution in [3.63, 3.8) is 0 Å². The number of piperidine rings is 1. The van der Waals surface area contributed by atoms with Gasteiger partial charge in [-0.05, 0) is 32.6 Å². The third kappa shape index (κ3) is 3.66. The number of hydrogen-bond donors (Lipinski definition) is 0. The highest BCUT2D eigenvalue weighted by Crippen LogP contribution is 2.31. The molecule has 2 aromatic rings. The van der Waals surface area contributed by atoms with Crippen LogP contribution >= 0.6 is 0 Å². The van der Waals surface area contributed by atoms with Crippen LogP contribution in [0.1, 0.15) is 62.9 Å². The van der Waals surface area contributed by atoms with Gasteiger partial charge < -0.3 is 9.42 Å². The van der Waals surface area contributed by atoms with Gasteiger partial charge in [-0.1, -0.05) is 48.3 Å². The van der Waals surface area contributed by atoms with Crippen LogP contribution < -0.4 is 0 Å². The molecule has 0 N–H and O–H groups in total. The Balaban J connectivity index is 1.78. The molecule has 1 aliphatic rings. The number of aromatic nitrogens is 2. The van der Waals surface area contributed by atoms with Gasteiger partial charge >= 0.3 is 0 Å². The van der Waals surface area contributed by atoms with E-state index in [-0.39, 0.29) is 11.9 Å². The van der Waals surface area contributed by atoms with Gasteiger partial charge in [-0.3, -0.25) is 4.79 Å². The maximum atomic E-state index is 12.5. The van der Waals surface area contributed by atoms with Crippen LogP contribution in [0.4, 0.5) is 0 Å². The molecule has 24 heavy (non-hydrogen) atoms. The minimum atomic E-state index is -0.0743. The SMILES string of the molecule is CCCCC(=O)N1CCCC[C@H]1c1nc(-c2ccc(C)cc2)no1. The summed E-state index contributed by atoms with van der Waals surface area (Å²) in [6, 6.07) is 7.98. The first-order valence-electron chi connectivity index (χ1n) is 8.89. The van der Waals surface area contributed by atoms with Gasteiger partial charge in [0.15, 0.2) is 0 Å². The molecule has 1 atom stereocenters. The summed E-state index contributed by atoms with van der Waals surface area (Å²) in [6.07, 6.45) is 5.60. The molecule has 128 valence electrons. The molecule has 0 unspecified atom stereocenters. The molecule has 0 radical (unpaired) electrons. The Hall–Kier alpha value is -2.17. The Morgan fingerprint density at radius 3 is 2.83 bits per heavy atom. The second-order valence-corrected chi connectivity index (χ2v) is 6.52. The lowest BCUT2D eigenvalue weighted by Gasteiger charge is -2.33. The molecule has 2 heterocycles. The summed E-state index contributed by atoms with van der Waals surface area (Å²) in [5.41, 5.74) is 2.14. The minimum Gasteiger partial charge on any atom is -0.337 e. The topological polar surface area (TPSA) is 59.2 Å². The summed E-state index contributed by atoms with van der Waals surface area (Å²) < 4.78 is 5.52. The Morgan fingerprint density at radius 2 is 2.08 bits per heavy atom. The van der Waals surface area contributed by atoms with E-state index in [2.05, 4.69) is 17.1 Å². The Bertz CT molecular complexity index is 678. The standard InChI is InChI=1S/C19H25N3O2/c1-3-4-8-17(23)22-13-6-5-7-16(22)19-20-18(21-24-19)15-11-9-14(2)10-12-15/h9-12,16H,3-8,13H2,1-2H3/t16-/m0/s1. The lowest BCUT2D eigenvalue weighted by Crippen LogP contribution is -2.38. The van der Waals surface area contributed by atoms with E-state index in [1.165, 1.54) is 5.56 Å². The lowest BCUT2D eigenvalue weighted by molar-refractivity contribution is -0.135. The largest absolute Gasteiger partial charge is 0.337 e. The fraction of sp³-hybridized carbons (Fsp3) is 0.526. The zero-order valence-electron chi connectivity index (χ0n) is 14.5. The lowest BCUT2D eigenvalue weighted by atomic mass is 10.0. The summed E-state index contributed by atoms with van der Waals surface area (Å²) >= 11 is 0. The number of amides is 1. The number of rotatable bonds is 5. The minimum absolute atomic E-state index is 0.0743. The van der Waals surface area contributed by atoms with Crippen molar-refractivity contribution in [3.05, 3.63) is 35.7 Å². The Morgan fingerprint density at radius 1 is 1.29 bits per heavy atom. The van der Waals surface area contributed by atoms with Gasteiger partial charge in [0.1, 0.15) is 6.04 Å². The molecular formula is C19H25N3O2. The van der Waals surface area contributed by atoms with Gasteiger partial charge in [0.05, 0.1) is 0 Å². The van der Waals surface area contributed by atoms with E-state index in [0.29, 0.717) is 18.1 Å². The first-order valence-corrected chi connectivity index (χ1v) is 8.89. The molecule has 1 aliphatic heterocycles. The van der Waals surface area contributed by atoms with E-state index < -0.39 is 0 Å². The number of carbonyl (C=O) groups excluding carboxylic acids is 1. The van der Waals surface area contributed by atoms with Gasteiger partial charge in [0, 0.05) is 18.5 Å². The summed E-state index contributed by atoms with van der Waals surface area (Å²) in [5, 5.41) is 4.12. The van der Waals surface area contributed by atoms with Gasteiger partial charge in [0.25, 0.3) is 0 Å². The van der Waals surface area contributed by atoms with Crippen LogP contribution in [0.25, 0.3) is 11.4 Å². The number of nitrogens with zero attached hydrogens (tertiary/aromatic N) is 3. The molecular weight excluding hydrogens is 302 g/mol. The molecule has 0 bridgehead atoms. The second kappa shape index (κ2) is 7.60. The monoisotopic (exact) mass is 327 g/mol. The molecule has 1 fully saturated rings. The predicted octanol–water partition coefficient (Wildman–Crippen LogP) is 4.29. The van der Waals surface area contributed by atoms with Crippen LogP contribution in [0.15, 0.2) is 28.8 Å². The first-order chi connectivity index (χ1) is 11.7. The van der Waals surface area contributed by atoms with Gasteiger partial charge in [-0.25, -0.2) is 0 Å². The van der Waals surface area contributed by atoms with Crippen molar-refractivity contribution < 1.29 is 9.32 Å². The molecule has 0 spiro atoms. The number of carbonyl (C=O) groups is 1. The summed E-state index contributed by atoms with van der Waals surface area (Å²) in [7, 11) is 0. The summed E-state index contributed by atoms with van der Waals surface area (Å²) in [5.74, 6) is 1.36. The molecule has 0 saturated carbocycles. The average Bonchev–Trinajstić information content (AvgIpc) is 3.10. The van der Waals surface area contributed by atoms with Crippen molar-refractivity contribution in [3.8, 4) is 11.4 Å². The smallest absolute Gasteiger partial charge is 0.249 e. The van der Waals surface area contributed by atoms with E-state index in [9.17, 15) is 4.79 Å². The summed E-state index contributed by atoms with van der Waals surface area (Å²) in [4.78, 5) is 19.0. The zero-order chi connectivity index (χ0) is 16.9. The van der Waals surface area contributed by atoms with Crippen LogP contribution in [0.5, 0.6) is 0 Å². The van der Waals surface area contributed by atoms with Crippen LogP contribution in [0.2, 0.25) is 0 Å². The molecule has 1 saturated heterocycles. The van der Waals surface area contributed by atoms with Crippen LogP contribution in [-0.2, 0) is 4.79 Å². The highest BCUT2D eigenvalue weighted by atomic mass is 16.5. The average molecular weight is 327 g/mol. The number of hydrogen-bond acceptors (Lipinski definition) is 4. The van der Waals surface area contributed by atoms with Crippen molar-refractivity contribution in [2.45, 2.75) is 58.4 Å². The fourth-order valence-electron chi connectivity index (χ4n) is 3.15. The van der Waals surface area contributed by atoms with E-state index in [0.717, 1.165) is 44.2 Å². The molecule has 1 amide bonds. The highest BCUT2D eigenvalue weighted by Gasteiger charge is 2.31. The van der Waals surface area contributed by atoms with Crippen LogP contribution in [-0.4, -0.2) is 27.5 Å². The number of benzene rings is 1. The maximum Gasteiger partial charge on any atom is 0.249 e. The van der Waals surface area contributed by atoms with E-state index in [1.54, 1.807) is 0 Å².